The van der Waals surface area contributed by atoms with Gasteiger partial charge in [0.05, 0.1) is 18.1 Å². The van der Waals surface area contributed by atoms with E-state index in [1.54, 1.807) is 24.3 Å². The van der Waals surface area contributed by atoms with Crippen molar-refractivity contribution in [1.29, 1.82) is 0 Å². The van der Waals surface area contributed by atoms with Gasteiger partial charge >= 0.3 is 0 Å². The van der Waals surface area contributed by atoms with E-state index < -0.39 is 0 Å². The molecule has 1 atom stereocenters. The summed E-state index contributed by atoms with van der Waals surface area (Å²) in [6.45, 7) is 2.33. The van der Waals surface area contributed by atoms with Gasteiger partial charge in [-0.2, -0.15) is 0 Å². The fraction of sp³-hybridized carbons (Fsp3) is 0.529. The lowest BCUT2D eigenvalue weighted by Crippen LogP contribution is -2.35. The van der Waals surface area contributed by atoms with Crippen LogP contribution >= 0.6 is 0 Å². The molecule has 1 fully saturated rings. The maximum absolute atomic E-state index is 12.3. The van der Waals surface area contributed by atoms with Crippen molar-refractivity contribution in [2.24, 2.45) is 0 Å². The third-order valence-electron chi connectivity index (χ3n) is 4.04. The molecule has 2 aromatic rings. The first-order chi connectivity index (χ1) is 12.2. The minimum Gasteiger partial charge on any atom is -0.379 e. The summed E-state index contributed by atoms with van der Waals surface area (Å²) in [6, 6.07) is 6.93. The van der Waals surface area contributed by atoms with Gasteiger partial charge in [0, 0.05) is 19.8 Å². The number of hydrogen-bond donors (Lipinski definition) is 1. The smallest absolute Gasteiger partial charge is 0.278 e. The second-order valence-electron chi connectivity index (χ2n) is 5.98. The molecule has 0 spiro atoms. The van der Waals surface area contributed by atoms with Crippen LogP contribution in [0.25, 0.3) is 10.9 Å². The molecule has 8 nitrogen and oxygen atoms in total. The molecule has 0 radical (unpaired) electrons. The van der Waals surface area contributed by atoms with Crippen LogP contribution in [-0.4, -0.2) is 53.4 Å². The Hall–Kier alpha value is -2.32. The first kappa shape index (κ1) is 17.5. The summed E-state index contributed by atoms with van der Waals surface area (Å²) in [5.74, 6) is -0.272. The van der Waals surface area contributed by atoms with Gasteiger partial charge in [0.25, 0.3) is 5.56 Å². The molecule has 1 amide bonds. The summed E-state index contributed by atoms with van der Waals surface area (Å²) < 4.78 is 12.1. The summed E-state index contributed by atoms with van der Waals surface area (Å²) in [7, 11) is 0. The minimum absolute atomic E-state index is 0.145. The predicted octanol–water partition coefficient (Wildman–Crippen LogP) is 0.493. The molecule has 3 rings (SSSR count). The van der Waals surface area contributed by atoms with Crippen LogP contribution in [0, 0.1) is 0 Å². The minimum atomic E-state index is -0.319. The van der Waals surface area contributed by atoms with Crippen molar-refractivity contribution in [2.45, 2.75) is 31.9 Å². The lowest BCUT2D eigenvalue weighted by atomic mass is 10.2. The molecule has 0 saturated carbocycles. The van der Waals surface area contributed by atoms with Crippen molar-refractivity contribution in [1.82, 2.24) is 20.3 Å². The highest BCUT2D eigenvalue weighted by Crippen LogP contribution is 2.11. The van der Waals surface area contributed by atoms with E-state index in [0.717, 1.165) is 24.1 Å². The normalized spacial score (nSPS) is 17.0. The molecule has 1 aliphatic heterocycles. The SMILES string of the molecule is O=C(Cn1nnc2ccccc2c1=O)NCCCOCC1CCCO1. The van der Waals surface area contributed by atoms with Crippen molar-refractivity contribution in [2.75, 3.05) is 26.4 Å². The number of benzene rings is 1. The Kier molecular flexibility index (Phi) is 6.08. The lowest BCUT2D eigenvalue weighted by molar-refractivity contribution is -0.122. The van der Waals surface area contributed by atoms with E-state index in [2.05, 4.69) is 15.6 Å². The van der Waals surface area contributed by atoms with E-state index in [-0.39, 0.29) is 24.1 Å². The average Bonchev–Trinajstić information content (AvgIpc) is 3.14. The Morgan fingerprint density at radius 2 is 2.28 bits per heavy atom. The topological polar surface area (TPSA) is 95.3 Å². The van der Waals surface area contributed by atoms with Crippen LogP contribution in [0.3, 0.4) is 0 Å². The Morgan fingerprint density at radius 1 is 1.40 bits per heavy atom. The third kappa shape index (κ3) is 4.83. The van der Waals surface area contributed by atoms with E-state index in [1.807, 2.05) is 0 Å². The summed E-state index contributed by atoms with van der Waals surface area (Å²) in [6.07, 6.45) is 3.07. The highest BCUT2D eigenvalue weighted by molar-refractivity contribution is 5.78. The molecule has 25 heavy (non-hydrogen) atoms. The van der Waals surface area contributed by atoms with Crippen LogP contribution in [0.15, 0.2) is 29.1 Å². The van der Waals surface area contributed by atoms with Gasteiger partial charge in [0.15, 0.2) is 0 Å². The summed E-state index contributed by atoms with van der Waals surface area (Å²) >= 11 is 0. The lowest BCUT2D eigenvalue weighted by Gasteiger charge is -2.10. The van der Waals surface area contributed by atoms with Crippen LogP contribution < -0.4 is 10.9 Å². The van der Waals surface area contributed by atoms with Gasteiger partial charge in [-0.3, -0.25) is 9.59 Å². The van der Waals surface area contributed by atoms with Gasteiger partial charge in [0.2, 0.25) is 5.91 Å². The summed E-state index contributed by atoms with van der Waals surface area (Å²) in [5.41, 5.74) is 0.202. The number of ether oxygens (including phenoxy) is 2. The van der Waals surface area contributed by atoms with Crippen molar-refractivity contribution >= 4 is 16.8 Å². The molecule has 0 aliphatic carbocycles. The second kappa shape index (κ2) is 8.68. The van der Waals surface area contributed by atoms with Gasteiger partial charge < -0.3 is 14.8 Å². The van der Waals surface area contributed by atoms with Gasteiger partial charge in [-0.15, -0.1) is 5.10 Å². The van der Waals surface area contributed by atoms with Crippen LogP contribution in [0.2, 0.25) is 0 Å². The Bertz CT molecular complexity index is 771. The maximum Gasteiger partial charge on any atom is 0.278 e. The van der Waals surface area contributed by atoms with Crippen molar-refractivity contribution in [3.63, 3.8) is 0 Å². The molecule has 1 N–H and O–H groups in total. The zero-order valence-corrected chi connectivity index (χ0v) is 14.0. The van der Waals surface area contributed by atoms with E-state index in [0.29, 0.717) is 37.1 Å². The fourth-order valence-electron chi connectivity index (χ4n) is 2.71. The van der Waals surface area contributed by atoms with Gasteiger partial charge in [0.1, 0.15) is 12.1 Å². The van der Waals surface area contributed by atoms with Crippen molar-refractivity contribution in [3.8, 4) is 0 Å². The Labute approximate surface area is 145 Å². The number of aromatic nitrogens is 3. The fourth-order valence-corrected chi connectivity index (χ4v) is 2.71. The van der Waals surface area contributed by atoms with Crippen LogP contribution in [0.4, 0.5) is 0 Å². The average molecular weight is 346 g/mol. The zero-order valence-electron chi connectivity index (χ0n) is 14.0. The van der Waals surface area contributed by atoms with Crippen molar-refractivity contribution < 1.29 is 14.3 Å². The molecular weight excluding hydrogens is 324 g/mol. The Morgan fingerprint density at radius 3 is 3.12 bits per heavy atom. The molecule has 2 heterocycles. The van der Waals surface area contributed by atoms with Crippen LogP contribution in [-0.2, 0) is 20.8 Å². The maximum atomic E-state index is 12.3. The molecule has 1 unspecified atom stereocenters. The molecule has 1 aromatic carbocycles. The molecule has 134 valence electrons. The summed E-state index contributed by atoms with van der Waals surface area (Å²) in [4.78, 5) is 24.2. The number of hydrogen-bond acceptors (Lipinski definition) is 6. The van der Waals surface area contributed by atoms with Gasteiger partial charge in [-0.1, -0.05) is 17.3 Å². The van der Waals surface area contributed by atoms with Crippen molar-refractivity contribution in [3.05, 3.63) is 34.6 Å². The Balaban J connectivity index is 1.39. The number of fused-ring (bicyclic) bond motifs is 1. The van der Waals surface area contributed by atoms with Crippen LogP contribution in [0.5, 0.6) is 0 Å². The zero-order chi connectivity index (χ0) is 17.5. The monoisotopic (exact) mass is 346 g/mol. The van der Waals surface area contributed by atoms with Gasteiger partial charge in [-0.25, -0.2) is 4.68 Å². The number of carbonyl (C=O) groups is 1. The molecular formula is C17H22N4O4. The molecule has 1 saturated heterocycles. The van der Waals surface area contributed by atoms with E-state index in [1.165, 1.54) is 0 Å². The standard InChI is InChI=1S/C17H22N4O4/c22-16(18-8-4-9-24-12-13-5-3-10-25-13)11-21-17(23)14-6-1-2-7-15(14)19-20-21/h1-2,6-7,13H,3-5,8-12H2,(H,18,22). The number of rotatable bonds is 8. The first-order valence-electron chi connectivity index (χ1n) is 8.52. The number of nitrogens with one attached hydrogen (secondary N) is 1. The highest BCUT2D eigenvalue weighted by atomic mass is 16.5. The third-order valence-corrected chi connectivity index (χ3v) is 4.04. The van der Waals surface area contributed by atoms with E-state index >= 15 is 0 Å². The van der Waals surface area contributed by atoms with Gasteiger partial charge in [-0.05, 0) is 31.4 Å². The number of carbonyl (C=O) groups excluding carboxylic acids is 1. The quantitative estimate of drug-likeness (QED) is 0.699. The van der Waals surface area contributed by atoms with E-state index in [9.17, 15) is 9.59 Å². The predicted molar refractivity (Wildman–Crippen MR) is 91.2 cm³/mol. The second-order valence-corrected chi connectivity index (χ2v) is 5.98. The molecule has 1 aromatic heterocycles. The highest BCUT2D eigenvalue weighted by Gasteiger charge is 2.15. The van der Waals surface area contributed by atoms with E-state index in [4.69, 9.17) is 9.47 Å². The largest absolute Gasteiger partial charge is 0.379 e. The molecule has 0 bridgehead atoms. The summed E-state index contributed by atoms with van der Waals surface area (Å²) in [5, 5.41) is 11.0. The molecule has 8 heteroatoms. The van der Waals surface area contributed by atoms with Crippen LogP contribution in [0.1, 0.15) is 19.3 Å². The first-order valence-corrected chi connectivity index (χ1v) is 8.52. The molecule has 1 aliphatic rings. The number of nitrogens with zero attached hydrogens (tertiary/aromatic N) is 3. The number of amides is 1.